The van der Waals surface area contributed by atoms with Gasteiger partial charge in [0.1, 0.15) is 0 Å². The fraction of sp³-hybridized carbons (Fsp3) is 0.963. The maximum absolute atomic E-state index is 10.7. The summed E-state index contributed by atoms with van der Waals surface area (Å²) in [6, 6.07) is 0. The Bertz CT molecular complexity index is 753. The third-order valence-electron chi connectivity index (χ3n) is 6.80. The first-order valence-corrected chi connectivity index (χ1v) is 16.7. The zero-order valence-electron chi connectivity index (χ0n) is 23.7. The number of rotatable bonds is 24. The van der Waals surface area contributed by atoms with Crippen LogP contribution in [-0.4, -0.2) is 106 Å². The second-order valence-electron chi connectivity index (χ2n) is 11.6. The predicted molar refractivity (Wildman–Crippen MR) is 166 cm³/mol. The molecule has 0 aromatic rings. The minimum atomic E-state index is -4.11. The van der Waals surface area contributed by atoms with E-state index in [0.29, 0.717) is 25.9 Å². The Balaban J connectivity index is -0.00000204. The molecule has 9 nitrogen and oxygen atoms in total. The van der Waals surface area contributed by atoms with Crippen LogP contribution in [0, 0.1) is 5.41 Å². The normalized spacial score (nSPS) is 12.3. The van der Waals surface area contributed by atoms with Gasteiger partial charge in [-0.1, -0.05) is 40.5 Å². The zero-order valence-corrected chi connectivity index (χ0v) is 26.2. The lowest BCUT2D eigenvalue weighted by atomic mass is 10.0. The van der Waals surface area contributed by atoms with Crippen molar-refractivity contribution in [2.24, 2.45) is 0 Å². The quantitative estimate of drug-likeness (QED) is 0.0660. The predicted octanol–water partition coefficient (Wildman–Crippen LogP) is 5.40. The second-order valence-corrected chi connectivity index (χ2v) is 14.7. The van der Waals surface area contributed by atoms with Gasteiger partial charge in [-0.15, -0.1) is 12.4 Å². The smallest absolute Gasteiger partial charge is 0.0948 e. The molecule has 0 aromatic heterocycles. The van der Waals surface area contributed by atoms with E-state index in [1.807, 2.05) is 0 Å². The van der Waals surface area contributed by atoms with E-state index in [1.165, 1.54) is 0 Å². The van der Waals surface area contributed by atoms with E-state index < -0.39 is 20.2 Å². The number of halogens is 1. The van der Waals surface area contributed by atoms with Crippen LogP contribution in [0.3, 0.4) is 0 Å². The number of hydrogen-bond donors (Lipinski definition) is 1. The third kappa shape index (κ3) is 33.8. The van der Waals surface area contributed by atoms with Crippen molar-refractivity contribution in [2.45, 2.75) is 105 Å². The van der Waals surface area contributed by atoms with Gasteiger partial charge in [-0.3, -0.25) is 0 Å². The first-order valence-electron chi connectivity index (χ1n) is 13.6. The molecule has 0 aliphatic heterocycles. The fourth-order valence-corrected chi connectivity index (χ4v) is 5.47. The average Bonchev–Trinajstić information content (AvgIpc) is 2.70. The van der Waals surface area contributed by atoms with E-state index in [4.69, 9.17) is 5.41 Å². The molecule has 0 heterocycles. The van der Waals surface area contributed by atoms with Crippen LogP contribution in [0.25, 0.3) is 0 Å². The van der Waals surface area contributed by atoms with Crippen molar-refractivity contribution >= 4 is 38.4 Å². The van der Waals surface area contributed by atoms with Crippen LogP contribution < -0.4 is 0 Å². The Labute approximate surface area is 248 Å². The van der Waals surface area contributed by atoms with Crippen LogP contribution in [0.2, 0.25) is 0 Å². The maximum atomic E-state index is 10.7. The summed E-state index contributed by atoms with van der Waals surface area (Å²) in [7, 11) is 0.0862. The van der Waals surface area contributed by atoms with Gasteiger partial charge in [0.2, 0.25) is 0 Å². The molecule has 0 rings (SSSR count). The molecule has 0 saturated heterocycles. The van der Waals surface area contributed by atoms with E-state index in [2.05, 4.69) is 28.2 Å². The summed E-state index contributed by atoms with van der Waals surface area (Å²) in [4.78, 5) is 0. The summed E-state index contributed by atoms with van der Waals surface area (Å²) in [6.45, 7) is 3.37. The molecule has 0 amide bonds. The van der Waals surface area contributed by atoms with Crippen LogP contribution in [0.4, 0.5) is 0 Å². The molecule has 0 spiro atoms. The standard InChI is InChI=1S/C25H53N3O6S2.2CH4.ClH/c1-27(2,21-15-23-35(29,30)31)19-13-9-5-7-11-17-25(26)18-12-8-6-10-14-20-28(3,4)22-16-24-36(32,33)34;;;/h26H,5-24H2,1-4H3;2*1H4;1H. The van der Waals surface area contributed by atoms with Crippen molar-refractivity contribution in [3.8, 4) is 0 Å². The molecule has 1 N–H and O–H groups in total. The highest BCUT2D eigenvalue weighted by Gasteiger charge is 2.15. The number of quaternary nitrogens is 2. The van der Waals surface area contributed by atoms with Gasteiger partial charge in [-0.2, -0.15) is 0 Å². The minimum Gasteiger partial charge on any atom is -0.748 e. The second kappa shape index (κ2) is 23.3. The molecular weight excluding hydrogens is 562 g/mol. The number of hydrogen-bond acceptors (Lipinski definition) is 7. The maximum Gasteiger partial charge on any atom is 0.0948 e. The Kier molecular flexibility index (Phi) is 27.3. The van der Waals surface area contributed by atoms with E-state index in [9.17, 15) is 25.9 Å². The monoisotopic (exact) mass is 623 g/mol. The molecule has 0 radical (unpaired) electrons. The molecule has 0 aliphatic carbocycles. The molecule has 39 heavy (non-hydrogen) atoms. The van der Waals surface area contributed by atoms with Crippen molar-refractivity contribution in [1.82, 2.24) is 0 Å². The fourth-order valence-electron chi connectivity index (χ4n) is 4.50. The summed E-state index contributed by atoms with van der Waals surface area (Å²) >= 11 is 0. The van der Waals surface area contributed by atoms with Crippen molar-refractivity contribution in [1.29, 1.82) is 5.41 Å². The molecule has 0 unspecified atom stereocenters. The Morgan fingerprint density at radius 3 is 1.10 bits per heavy atom. The summed E-state index contributed by atoms with van der Waals surface area (Å²) in [5.41, 5.74) is 0.854. The van der Waals surface area contributed by atoms with Gasteiger partial charge < -0.3 is 23.5 Å². The highest BCUT2D eigenvalue weighted by atomic mass is 35.5. The van der Waals surface area contributed by atoms with Crippen molar-refractivity contribution in [3.63, 3.8) is 0 Å². The topological polar surface area (TPSA) is 138 Å². The first kappa shape index (κ1) is 45.7. The molecule has 0 bridgehead atoms. The van der Waals surface area contributed by atoms with Crippen molar-refractivity contribution < 1.29 is 34.9 Å². The van der Waals surface area contributed by atoms with Crippen molar-refractivity contribution in [2.75, 3.05) is 65.9 Å². The van der Waals surface area contributed by atoms with Crippen LogP contribution in [0.5, 0.6) is 0 Å². The molecule has 12 heteroatoms. The SMILES string of the molecule is C.C.C[N+](C)(CCCCCCCC(=N)CCCCCCC[N+](C)(C)CCCS(=O)(=O)[O-])CCCS(=O)(=O)[O-].Cl. The van der Waals surface area contributed by atoms with Crippen LogP contribution >= 0.6 is 12.4 Å². The van der Waals surface area contributed by atoms with Crippen LogP contribution in [0.15, 0.2) is 0 Å². The van der Waals surface area contributed by atoms with Crippen molar-refractivity contribution in [3.05, 3.63) is 0 Å². The molecule has 0 aliphatic rings. The minimum absolute atomic E-state index is 0. The molecule has 240 valence electrons. The van der Waals surface area contributed by atoms with Gasteiger partial charge in [-0.05, 0) is 51.4 Å². The van der Waals surface area contributed by atoms with E-state index >= 15 is 0 Å². The highest BCUT2D eigenvalue weighted by molar-refractivity contribution is 7.85. The average molecular weight is 624 g/mol. The van der Waals surface area contributed by atoms with Gasteiger partial charge in [0.05, 0.1) is 74.6 Å². The summed E-state index contributed by atoms with van der Waals surface area (Å²) < 4.78 is 65.8. The first-order chi connectivity index (χ1) is 16.5. The summed E-state index contributed by atoms with van der Waals surface area (Å²) in [5, 5.41) is 8.17. The van der Waals surface area contributed by atoms with Gasteiger partial charge in [0, 0.05) is 30.1 Å². The lowest BCUT2D eigenvalue weighted by Gasteiger charge is -2.30. The lowest BCUT2D eigenvalue weighted by Crippen LogP contribution is -2.41. The summed E-state index contributed by atoms with van der Waals surface area (Å²) in [6.07, 6.45) is 13.8. The largest absolute Gasteiger partial charge is 0.748 e. The molecule has 0 saturated carbocycles. The lowest BCUT2D eigenvalue weighted by molar-refractivity contribution is -0.890. The number of nitrogens with zero attached hydrogens (tertiary/aromatic N) is 2. The molecule has 0 aromatic carbocycles. The summed E-state index contributed by atoms with van der Waals surface area (Å²) in [5.74, 6) is -0.554. The van der Waals surface area contributed by atoms with Crippen LogP contribution in [0.1, 0.15) is 105 Å². The van der Waals surface area contributed by atoms with Gasteiger partial charge >= 0.3 is 0 Å². The van der Waals surface area contributed by atoms with E-state index in [-0.39, 0.29) is 38.8 Å². The highest BCUT2D eigenvalue weighted by Crippen LogP contribution is 2.13. The Morgan fingerprint density at radius 1 is 0.538 bits per heavy atom. The van der Waals surface area contributed by atoms with Crippen LogP contribution in [-0.2, 0) is 20.2 Å². The van der Waals surface area contributed by atoms with Gasteiger partial charge in [0.15, 0.2) is 0 Å². The number of nitrogens with one attached hydrogen (secondary N) is 1. The van der Waals surface area contributed by atoms with Gasteiger partial charge in [-0.25, -0.2) is 16.8 Å². The number of unbranched alkanes of at least 4 members (excludes halogenated alkanes) is 8. The molecule has 0 atom stereocenters. The molecule has 0 fully saturated rings. The Morgan fingerprint density at radius 2 is 0.795 bits per heavy atom. The zero-order chi connectivity index (χ0) is 27.7. The van der Waals surface area contributed by atoms with E-state index in [0.717, 1.165) is 105 Å². The molecular formula is C27H62ClN3O6S2. The third-order valence-corrected chi connectivity index (χ3v) is 8.38. The van der Waals surface area contributed by atoms with Gasteiger partial charge in [0.25, 0.3) is 0 Å². The Hall–Kier alpha value is -0.300. The van der Waals surface area contributed by atoms with E-state index in [1.54, 1.807) is 0 Å².